The predicted molar refractivity (Wildman–Crippen MR) is 70.7 cm³/mol. The third kappa shape index (κ3) is 2.84. The Hall–Kier alpha value is -2.50. The van der Waals surface area contributed by atoms with E-state index in [0.717, 1.165) is 17.7 Å². The lowest BCUT2D eigenvalue weighted by molar-refractivity contribution is -0.121. The Kier molecular flexibility index (Phi) is 3.51. The van der Waals surface area contributed by atoms with Crippen LogP contribution in [0, 0.1) is 11.6 Å². The minimum absolute atomic E-state index is 0.152. The molecular formula is C15H12F2N2O2. The molecule has 6 heteroatoms. The standard InChI is InChI=1S/C15H12F2N2O2/c16-10-4-3-9(12(17)7-10)6-14(20)19-13-8-21-15-11(13)2-1-5-18-15/h1-5,7,13H,6,8H2,(H,19,20). The Morgan fingerprint density at radius 3 is 3.05 bits per heavy atom. The van der Waals surface area contributed by atoms with E-state index in [1.54, 1.807) is 12.3 Å². The van der Waals surface area contributed by atoms with E-state index in [-0.39, 0.29) is 23.9 Å². The van der Waals surface area contributed by atoms with Crippen LogP contribution in [0.25, 0.3) is 0 Å². The number of benzene rings is 1. The normalized spacial score (nSPS) is 16.2. The van der Waals surface area contributed by atoms with Crippen LogP contribution >= 0.6 is 0 Å². The number of carbonyl (C=O) groups excluding carboxylic acids is 1. The number of hydrogen-bond donors (Lipinski definition) is 1. The molecule has 1 aromatic carbocycles. The summed E-state index contributed by atoms with van der Waals surface area (Å²) < 4.78 is 31.7. The fourth-order valence-electron chi connectivity index (χ4n) is 2.24. The van der Waals surface area contributed by atoms with E-state index in [2.05, 4.69) is 10.3 Å². The number of halogens is 2. The second-order valence-electron chi connectivity index (χ2n) is 4.74. The summed E-state index contributed by atoms with van der Waals surface area (Å²) in [6.45, 7) is 0.296. The smallest absolute Gasteiger partial charge is 0.225 e. The summed E-state index contributed by atoms with van der Waals surface area (Å²) in [6, 6.07) is 6.43. The molecule has 1 aliphatic heterocycles. The maximum atomic E-state index is 13.5. The van der Waals surface area contributed by atoms with Crippen molar-refractivity contribution < 1.29 is 18.3 Å². The zero-order valence-corrected chi connectivity index (χ0v) is 11.0. The molecule has 3 rings (SSSR count). The van der Waals surface area contributed by atoms with Gasteiger partial charge in [0.2, 0.25) is 11.8 Å². The fraction of sp³-hybridized carbons (Fsp3) is 0.200. The van der Waals surface area contributed by atoms with Crippen molar-refractivity contribution in [1.82, 2.24) is 10.3 Å². The molecule has 21 heavy (non-hydrogen) atoms. The van der Waals surface area contributed by atoms with Gasteiger partial charge in [0.25, 0.3) is 0 Å². The van der Waals surface area contributed by atoms with Gasteiger partial charge in [0.15, 0.2) is 0 Å². The van der Waals surface area contributed by atoms with Gasteiger partial charge in [-0.2, -0.15) is 0 Å². The number of ether oxygens (including phenoxy) is 1. The summed E-state index contributed by atoms with van der Waals surface area (Å²) in [5.41, 5.74) is 0.949. The number of pyridine rings is 1. The minimum atomic E-state index is -0.727. The van der Waals surface area contributed by atoms with Gasteiger partial charge in [0.1, 0.15) is 18.2 Å². The molecule has 0 bridgehead atoms. The van der Waals surface area contributed by atoms with Crippen LogP contribution in [0.4, 0.5) is 8.78 Å². The molecule has 0 aliphatic carbocycles. The summed E-state index contributed by atoms with van der Waals surface area (Å²) in [6.07, 6.45) is 1.45. The van der Waals surface area contributed by atoms with Gasteiger partial charge in [0, 0.05) is 17.8 Å². The lowest BCUT2D eigenvalue weighted by Crippen LogP contribution is -2.30. The van der Waals surface area contributed by atoms with E-state index in [4.69, 9.17) is 4.74 Å². The predicted octanol–water partition coefficient (Wildman–Crippen LogP) is 2.15. The van der Waals surface area contributed by atoms with Gasteiger partial charge < -0.3 is 10.1 Å². The SMILES string of the molecule is O=C(Cc1ccc(F)cc1F)NC1COc2ncccc21. The van der Waals surface area contributed by atoms with Crippen LogP contribution in [0.3, 0.4) is 0 Å². The highest BCUT2D eigenvalue weighted by molar-refractivity contribution is 5.79. The number of nitrogens with one attached hydrogen (secondary N) is 1. The number of fused-ring (bicyclic) bond motifs is 1. The molecule has 4 nitrogen and oxygen atoms in total. The molecule has 1 amide bonds. The first-order valence-electron chi connectivity index (χ1n) is 6.44. The molecule has 1 aliphatic rings. The second kappa shape index (κ2) is 5.47. The van der Waals surface area contributed by atoms with Crippen molar-refractivity contribution in [2.45, 2.75) is 12.5 Å². The van der Waals surface area contributed by atoms with Gasteiger partial charge in [-0.05, 0) is 23.8 Å². The Balaban J connectivity index is 1.68. The van der Waals surface area contributed by atoms with Crippen molar-refractivity contribution in [3.05, 3.63) is 59.3 Å². The molecule has 2 aromatic rings. The average molecular weight is 290 g/mol. The Labute approximate surface area is 119 Å². The van der Waals surface area contributed by atoms with Gasteiger partial charge in [-0.1, -0.05) is 6.07 Å². The molecule has 1 atom stereocenters. The lowest BCUT2D eigenvalue weighted by atomic mass is 10.1. The van der Waals surface area contributed by atoms with Crippen LogP contribution in [0.15, 0.2) is 36.5 Å². The molecule has 0 radical (unpaired) electrons. The Bertz CT molecular complexity index is 691. The molecule has 0 saturated carbocycles. The number of hydrogen-bond acceptors (Lipinski definition) is 3. The number of rotatable bonds is 3. The molecule has 1 unspecified atom stereocenters. The number of amides is 1. The molecule has 1 aromatic heterocycles. The van der Waals surface area contributed by atoms with Crippen LogP contribution in [0.2, 0.25) is 0 Å². The summed E-state index contributed by atoms with van der Waals surface area (Å²) in [7, 11) is 0. The number of carbonyl (C=O) groups is 1. The Morgan fingerprint density at radius 1 is 1.38 bits per heavy atom. The van der Waals surface area contributed by atoms with Crippen molar-refractivity contribution in [2.75, 3.05) is 6.61 Å². The van der Waals surface area contributed by atoms with Gasteiger partial charge in [-0.3, -0.25) is 4.79 Å². The summed E-state index contributed by atoms with van der Waals surface area (Å²) in [5.74, 6) is -1.25. The second-order valence-corrected chi connectivity index (χ2v) is 4.74. The molecule has 108 valence electrons. The monoisotopic (exact) mass is 290 g/mol. The zero-order chi connectivity index (χ0) is 14.8. The van der Waals surface area contributed by atoms with E-state index in [1.807, 2.05) is 6.07 Å². The van der Waals surface area contributed by atoms with E-state index < -0.39 is 11.6 Å². The van der Waals surface area contributed by atoms with Crippen molar-refractivity contribution in [1.29, 1.82) is 0 Å². The van der Waals surface area contributed by atoms with E-state index in [1.165, 1.54) is 6.07 Å². The molecular weight excluding hydrogens is 278 g/mol. The Morgan fingerprint density at radius 2 is 2.24 bits per heavy atom. The third-order valence-corrected chi connectivity index (χ3v) is 3.26. The quantitative estimate of drug-likeness (QED) is 0.942. The van der Waals surface area contributed by atoms with Crippen LogP contribution < -0.4 is 10.1 Å². The van der Waals surface area contributed by atoms with Gasteiger partial charge in [-0.15, -0.1) is 0 Å². The first-order valence-corrected chi connectivity index (χ1v) is 6.44. The van der Waals surface area contributed by atoms with Crippen molar-refractivity contribution in [2.24, 2.45) is 0 Å². The highest BCUT2D eigenvalue weighted by Crippen LogP contribution is 2.29. The van der Waals surface area contributed by atoms with E-state index in [9.17, 15) is 13.6 Å². The van der Waals surface area contributed by atoms with Crippen molar-refractivity contribution >= 4 is 5.91 Å². The van der Waals surface area contributed by atoms with Crippen LogP contribution in [-0.2, 0) is 11.2 Å². The molecule has 0 fully saturated rings. The fourth-order valence-corrected chi connectivity index (χ4v) is 2.24. The first-order chi connectivity index (χ1) is 10.1. The summed E-state index contributed by atoms with van der Waals surface area (Å²) in [4.78, 5) is 16.0. The van der Waals surface area contributed by atoms with Crippen molar-refractivity contribution in [3.8, 4) is 5.88 Å². The highest BCUT2D eigenvalue weighted by Gasteiger charge is 2.26. The van der Waals surface area contributed by atoms with E-state index in [0.29, 0.717) is 12.5 Å². The molecule has 2 heterocycles. The number of nitrogens with zero attached hydrogens (tertiary/aromatic N) is 1. The molecule has 0 spiro atoms. The topological polar surface area (TPSA) is 51.2 Å². The van der Waals surface area contributed by atoms with Gasteiger partial charge in [-0.25, -0.2) is 13.8 Å². The summed E-state index contributed by atoms with van der Waals surface area (Å²) >= 11 is 0. The minimum Gasteiger partial charge on any atom is -0.475 e. The van der Waals surface area contributed by atoms with Gasteiger partial charge >= 0.3 is 0 Å². The maximum absolute atomic E-state index is 13.5. The van der Waals surface area contributed by atoms with Crippen LogP contribution in [0.1, 0.15) is 17.2 Å². The number of aromatic nitrogens is 1. The first kappa shape index (κ1) is 13.5. The van der Waals surface area contributed by atoms with E-state index >= 15 is 0 Å². The highest BCUT2D eigenvalue weighted by atomic mass is 19.1. The maximum Gasteiger partial charge on any atom is 0.225 e. The average Bonchev–Trinajstić information content (AvgIpc) is 2.85. The molecule has 1 N–H and O–H groups in total. The summed E-state index contributed by atoms with van der Waals surface area (Å²) in [5, 5.41) is 2.76. The van der Waals surface area contributed by atoms with Crippen LogP contribution in [0.5, 0.6) is 5.88 Å². The largest absolute Gasteiger partial charge is 0.475 e. The zero-order valence-electron chi connectivity index (χ0n) is 11.0. The van der Waals surface area contributed by atoms with Crippen LogP contribution in [-0.4, -0.2) is 17.5 Å². The third-order valence-electron chi connectivity index (χ3n) is 3.26. The lowest BCUT2D eigenvalue weighted by Gasteiger charge is -2.11. The van der Waals surface area contributed by atoms with Gasteiger partial charge in [0.05, 0.1) is 12.5 Å². The molecule has 0 saturated heterocycles. The van der Waals surface area contributed by atoms with Crippen molar-refractivity contribution in [3.63, 3.8) is 0 Å².